The van der Waals surface area contributed by atoms with E-state index in [-0.39, 0.29) is 0 Å². The van der Waals surface area contributed by atoms with E-state index in [1.807, 2.05) is 12.1 Å². The number of ether oxygens (including phenoxy) is 1. The SMILES string of the molecule is OC(COc1ccc(Cl)cc1)CN1CCN(CCc2ccccc2)CC1. The molecule has 3 rings (SSSR count). The van der Waals surface area contributed by atoms with Gasteiger partial charge < -0.3 is 14.7 Å². The van der Waals surface area contributed by atoms with Gasteiger partial charge in [0.1, 0.15) is 18.5 Å². The van der Waals surface area contributed by atoms with Crippen LogP contribution >= 0.6 is 11.6 Å². The fourth-order valence-electron chi connectivity index (χ4n) is 3.20. The van der Waals surface area contributed by atoms with E-state index in [1.165, 1.54) is 5.56 Å². The molecule has 1 atom stereocenters. The molecule has 5 heteroatoms. The molecule has 140 valence electrons. The first-order valence-corrected chi connectivity index (χ1v) is 9.62. The molecule has 0 radical (unpaired) electrons. The number of rotatable bonds is 8. The molecule has 0 bridgehead atoms. The summed E-state index contributed by atoms with van der Waals surface area (Å²) in [6, 6.07) is 17.9. The molecule has 1 unspecified atom stereocenters. The van der Waals surface area contributed by atoms with Crippen molar-refractivity contribution in [3.05, 3.63) is 65.2 Å². The average Bonchev–Trinajstić information content (AvgIpc) is 2.68. The summed E-state index contributed by atoms with van der Waals surface area (Å²) >= 11 is 5.86. The average molecular weight is 375 g/mol. The highest BCUT2D eigenvalue weighted by Gasteiger charge is 2.19. The summed E-state index contributed by atoms with van der Waals surface area (Å²) < 4.78 is 5.63. The van der Waals surface area contributed by atoms with Crippen molar-refractivity contribution in [1.29, 1.82) is 0 Å². The fraction of sp³-hybridized carbons (Fsp3) is 0.429. The minimum absolute atomic E-state index is 0.301. The maximum Gasteiger partial charge on any atom is 0.119 e. The van der Waals surface area contributed by atoms with Crippen molar-refractivity contribution in [2.45, 2.75) is 12.5 Å². The molecule has 1 aliphatic heterocycles. The highest BCUT2D eigenvalue weighted by Crippen LogP contribution is 2.15. The number of β-amino-alcohol motifs (C(OH)–C–C–N with tert-alkyl or cyclic N) is 1. The van der Waals surface area contributed by atoms with Crippen molar-refractivity contribution in [3.8, 4) is 5.75 Å². The second-order valence-electron chi connectivity index (χ2n) is 6.80. The van der Waals surface area contributed by atoms with Crippen LogP contribution < -0.4 is 4.74 Å². The van der Waals surface area contributed by atoms with Crippen LogP contribution in [0.5, 0.6) is 5.75 Å². The first-order chi connectivity index (χ1) is 12.7. The lowest BCUT2D eigenvalue weighted by atomic mass is 10.1. The largest absolute Gasteiger partial charge is 0.491 e. The number of aliphatic hydroxyl groups is 1. The highest BCUT2D eigenvalue weighted by atomic mass is 35.5. The smallest absolute Gasteiger partial charge is 0.119 e. The molecule has 0 aliphatic carbocycles. The Morgan fingerprint density at radius 3 is 2.27 bits per heavy atom. The molecule has 1 heterocycles. The number of aliphatic hydroxyl groups excluding tert-OH is 1. The normalized spacial score (nSPS) is 17.2. The molecule has 2 aromatic rings. The van der Waals surface area contributed by atoms with Gasteiger partial charge in [-0.3, -0.25) is 4.90 Å². The summed E-state index contributed by atoms with van der Waals surface area (Å²) in [5, 5.41) is 10.9. The number of hydrogen-bond donors (Lipinski definition) is 1. The molecule has 1 fully saturated rings. The fourth-order valence-corrected chi connectivity index (χ4v) is 3.33. The molecule has 4 nitrogen and oxygen atoms in total. The minimum Gasteiger partial charge on any atom is -0.491 e. The van der Waals surface area contributed by atoms with Gasteiger partial charge in [0.25, 0.3) is 0 Å². The van der Waals surface area contributed by atoms with Crippen molar-refractivity contribution < 1.29 is 9.84 Å². The van der Waals surface area contributed by atoms with Gasteiger partial charge in [-0.1, -0.05) is 41.9 Å². The molecular formula is C21H27ClN2O2. The maximum atomic E-state index is 10.2. The van der Waals surface area contributed by atoms with Crippen molar-refractivity contribution >= 4 is 11.6 Å². The van der Waals surface area contributed by atoms with Gasteiger partial charge >= 0.3 is 0 Å². The lowest BCUT2D eigenvalue weighted by Gasteiger charge is -2.35. The highest BCUT2D eigenvalue weighted by molar-refractivity contribution is 6.30. The van der Waals surface area contributed by atoms with Gasteiger partial charge in [0.2, 0.25) is 0 Å². The second-order valence-corrected chi connectivity index (χ2v) is 7.23. The molecule has 0 amide bonds. The van der Waals surface area contributed by atoms with Crippen LogP contribution in [0.25, 0.3) is 0 Å². The summed E-state index contributed by atoms with van der Waals surface area (Å²) in [6.45, 7) is 6.14. The Balaban J connectivity index is 1.32. The Labute approximate surface area is 160 Å². The van der Waals surface area contributed by atoms with E-state index in [4.69, 9.17) is 16.3 Å². The van der Waals surface area contributed by atoms with E-state index in [1.54, 1.807) is 12.1 Å². The third kappa shape index (κ3) is 6.29. The predicted octanol–water partition coefficient (Wildman–Crippen LogP) is 2.94. The van der Waals surface area contributed by atoms with Crippen LogP contribution in [-0.2, 0) is 6.42 Å². The third-order valence-corrected chi connectivity index (χ3v) is 5.00. The van der Waals surface area contributed by atoms with Crippen LogP contribution in [0, 0.1) is 0 Å². The monoisotopic (exact) mass is 374 g/mol. The van der Waals surface area contributed by atoms with Crippen LogP contribution in [0.1, 0.15) is 5.56 Å². The number of benzene rings is 2. The summed E-state index contributed by atoms with van der Waals surface area (Å²) in [5.74, 6) is 0.735. The standard InChI is InChI=1S/C21H27ClN2O2/c22-19-6-8-21(9-7-19)26-17-20(25)16-24-14-12-23(13-15-24)11-10-18-4-2-1-3-5-18/h1-9,20,25H,10-17H2. The quantitative estimate of drug-likeness (QED) is 0.770. The summed E-state index contributed by atoms with van der Waals surface area (Å²) in [4.78, 5) is 4.81. The molecule has 1 N–H and O–H groups in total. The molecule has 1 aliphatic rings. The first-order valence-electron chi connectivity index (χ1n) is 9.24. The van der Waals surface area contributed by atoms with E-state index < -0.39 is 6.10 Å². The van der Waals surface area contributed by atoms with Crippen LogP contribution in [-0.4, -0.2) is 66.9 Å². The molecule has 0 spiro atoms. The topological polar surface area (TPSA) is 35.9 Å². The molecule has 2 aromatic carbocycles. The number of nitrogens with zero attached hydrogens (tertiary/aromatic N) is 2. The van der Waals surface area contributed by atoms with E-state index >= 15 is 0 Å². The zero-order chi connectivity index (χ0) is 18.2. The van der Waals surface area contributed by atoms with Crippen LogP contribution in [0.2, 0.25) is 5.02 Å². The summed E-state index contributed by atoms with van der Waals surface area (Å²) in [6.07, 6.45) is 0.611. The molecule has 0 aromatic heterocycles. The zero-order valence-corrected chi connectivity index (χ0v) is 15.8. The van der Waals surface area contributed by atoms with E-state index in [0.29, 0.717) is 18.2 Å². The second kappa shape index (κ2) is 9.93. The summed E-state index contributed by atoms with van der Waals surface area (Å²) in [7, 11) is 0. The number of piperazine rings is 1. The van der Waals surface area contributed by atoms with Gasteiger partial charge in [-0.05, 0) is 36.2 Å². The Hall–Kier alpha value is -1.59. The van der Waals surface area contributed by atoms with Gasteiger partial charge in [-0.2, -0.15) is 0 Å². The number of halogens is 1. The maximum absolute atomic E-state index is 10.2. The number of hydrogen-bond acceptors (Lipinski definition) is 4. The lowest BCUT2D eigenvalue weighted by Crippen LogP contribution is -2.49. The Bertz CT molecular complexity index is 643. The molecule has 0 saturated carbocycles. The molecular weight excluding hydrogens is 348 g/mol. The Morgan fingerprint density at radius 2 is 1.58 bits per heavy atom. The van der Waals surface area contributed by atoms with Gasteiger partial charge in [-0.15, -0.1) is 0 Å². The Kier molecular flexibility index (Phi) is 7.32. The van der Waals surface area contributed by atoms with E-state index in [0.717, 1.165) is 44.9 Å². The van der Waals surface area contributed by atoms with E-state index in [9.17, 15) is 5.11 Å². The zero-order valence-electron chi connectivity index (χ0n) is 15.1. The minimum atomic E-state index is -0.485. The first kappa shape index (κ1) is 19.2. The van der Waals surface area contributed by atoms with Gasteiger partial charge in [0.15, 0.2) is 0 Å². The van der Waals surface area contributed by atoms with Crippen LogP contribution in [0.15, 0.2) is 54.6 Å². The van der Waals surface area contributed by atoms with Crippen LogP contribution in [0.3, 0.4) is 0 Å². The predicted molar refractivity (Wildman–Crippen MR) is 106 cm³/mol. The lowest BCUT2D eigenvalue weighted by molar-refractivity contribution is 0.0463. The van der Waals surface area contributed by atoms with E-state index in [2.05, 4.69) is 40.1 Å². The Morgan fingerprint density at radius 1 is 0.923 bits per heavy atom. The van der Waals surface area contributed by atoms with Gasteiger partial charge in [-0.25, -0.2) is 0 Å². The molecule has 26 heavy (non-hydrogen) atoms. The van der Waals surface area contributed by atoms with Crippen molar-refractivity contribution in [2.24, 2.45) is 0 Å². The van der Waals surface area contributed by atoms with Gasteiger partial charge in [0, 0.05) is 44.3 Å². The van der Waals surface area contributed by atoms with Crippen LogP contribution in [0.4, 0.5) is 0 Å². The van der Waals surface area contributed by atoms with Crippen molar-refractivity contribution in [1.82, 2.24) is 9.80 Å². The van der Waals surface area contributed by atoms with Crippen molar-refractivity contribution in [3.63, 3.8) is 0 Å². The molecule has 1 saturated heterocycles. The van der Waals surface area contributed by atoms with Crippen molar-refractivity contribution in [2.75, 3.05) is 45.9 Å². The van der Waals surface area contributed by atoms with Gasteiger partial charge in [0.05, 0.1) is 0 Å². The third-order valence-electron chi connectivity index (χ3n) is 4.75. The summed E-state index contributed by atoms with van der Waals surface area (Å²) in [5.41, 5.74) is 1.39.